The van der Waals surface area contributed by atoms with Crippen molar-refractivity contribution < 1.29 is 9.59 Å². The second kappa shape index (κ2) is 7.71. The third kappa shape index (κ3) is 5.68. The molecule has 3 amide bonds. The fourth-order valence-electron chi connectivity index (χ4n) is 1.75. The van der Waals surface area contributed by atoms with Crippen molar-refractivity contribution in [3.63, 3.8) is 0 Å². The summed E-state index contributed by atoms with van der Waals surface area (Å²) in [6.45, 7) is 6.44. The predicted octanol–water partition coefficient (Wildman–Crippen LogP) is -0.734. The van der Waals surface area contributed by atoms with Gasteiger partial charge in [0.1, 0.15) is 6.04 Å². The number of urea groups is 1. The van der Waals surface area contributed by atoms with Crippen molar-refractivity contribution in [1.29, 1.82) is 5.26 Å². The Hall–Kier alpha value is -1.65. The molecule has 0 saturated carbocycles. The first kappa shape index (κ1) is 15.4. The molecule has 7 nitrogen and oxygen atoms in total. The average molecular weight is 267 g/mol. The van der Waals surface area contributed by atoms with Gasteiger partial charge in [0.2, 0.25) is 5.91 Å². The summed E-state index contributed by atoms with van der Waals surface area (Å²) < 4.78 is 0. The molecule has 1 heterocycles. The smallest absolute Gasteiger partial charge is 0.321 e. The number of imide groups is 1. The van der Waals surface area contributed by atoms with Crippen molar-refractivity contribution in [1.82, 2.24) is 20.9 Å². The Balaban J connectivity index is 2.33. The van der Waals surface area contributed by atoms with Crippen LogP contribution in [-0.4, -0.2) is 55.6 Å². The summed E-state index contributed by atoms with van der Waals surface area (Å²) >= 11 is 0. The molecule has 1 aliphatic heterocycles. The van der Waals surface area contributed by atoms with Crippen molar-refractivity contribution in [3.05, 3.63) is 0 Å². The zero-order valence-corrected chi connectivity index (χ0v) is 11.4. The van der Waals surface area contributed by atoms with Gasteiger partial charge < -0.3 is 10.6 Å². The van der Waals surface area contributed by atoms with Crippen LogP contribution in [0.4, 0.5) is 4.79 Å². The highest BCUT2D eigenvalue weighted by Gasteiger charge is 2.24. The second-order valence-electron chi connectivity index (χ2n) is 4.97. The summed E-state index contributed by atoms with van der Waals surface area (Å²) in [6.07, 6.45) is 0. The van der Waals surface area contributed by atoms with Gasteiger partial charge in [0.15, 0.2) is 0 Å². The lowest BCUT2D eigenvalue weighted by Crippen LogP contribution is -2.54. The molecule has 7 heteroatoms. The quantitative estimate of drug-likeness (QED) is 0.623. The maximum Gasteiger partial charge on any atom is 0.321 e. The van der Waals surface area contributed by atoms with Crippen LogP contribution < -0.4 is 16.0 Å². The summed E-state index contributed by atoms with van der Waals surface area (Å²) in [7, 11) is 0. The highest BCUT2D eigenvalue weighted by Crippen LogP contribution is 2.01. The molecule has 3 N–H and O–H groups in total. The third-order valence-electron chi connectivity index (χ3n) is 2.77. The van der Waals surface area contributed by atoms with E-state index in [1.807, 2.05) is 13.8 Å². The molecule has 0 spiro atoms. The van der Waals surface area contributed by atoms with Gasteiger partial charge in [0.25, 0.3) is 0 Å². The van der Waals surface area contributed by atoms with Crippen molar-refractivity contribution in [2.24, 2.45) is 5.92 Å². The van der Waals surface area contributed by atoms with E-state index in [1.165, 1.54) is 0 Å². The van der Waals surface area contributed by atoms with Crippen LogP contribution in [0.3, 0.4) is 0 Å². The lowest BCUT2D eigenvalue weighted by atomic mass is 10.2. The highest BCUT2D eigenvalue weighted by atomic mass is 16.2. The van der Waals surface area contributed by atoms with Gasteiger partial charge in [0.05, 0.1) is 12.6 Å². The molecule has 19 heavy (non-hydrogen) atoms. The van der Waals surface area contributed by atoms with Gasteiger partial charge in [-0.3, -0.25) is 15.0 Å². The van der Waals surface area contributed by atoms with E-state index in [0.29, 0.717) is 25.6 Å². The first-order valence-electron chi connectivity index (χ1n) is 6.45. The van der Waals surface area contributed by atoms with E-state index >= 15 is 0 Å². The molecule has 1 aliphatic rings. The monoisotopic (exact) mass is 267 g/mol. The van der Waals surface area contributed by atoms with Crippen LogP contribution in [0.2, 0.25) is 0 Å². The maximum absolute atomic E-state index is 11.7. The van der Waals surface area contributed by atoms with Gasteiger partial charge in [-0.1, -0.05) is 13.8 Å². The highest BCUT2D eigenvalue weighted by molar-refractivity contribution is 5.95. The van der Waals surface area contributed by atoms with Gasteiger partial charge >= 0.3 is 6.03 Å². The Labute approximate surface area is 113 Å². The molecule has 0 radical (unpaired) electrons. The number of nitrogens with zero attached hydrogens (tertiary/aromatic N) is 2. The van der Waals surface area contributed by atoms with E-state index in [4.69, 9.17) is 5.26 Å². The number of hydrogen-bond acceptors (Lipinski definition) is 5. The molecular formula is C12H21N5O2. The largest absolute Gasteiger partial charge is 0.338 e. The van der Waals surface area contributed by atoms with Gasteiger partial charge in [-0.25, -0.2) is 4.79 Å². The molecule has 0 aromatic rings. The fourth-order valence-corrected chi connectivity index (χ4v) is 1.75. The van der Waals surface area contributed by atoms with Crippen LogP contribution in [0.15, 0.2) is 0 Å². The Bertz CT molecular complexity index is 364. The minimum absolute atomic E-state index is 0.0645. The molecule has 0 aromatic carbocycles. The van der Waals surface area contributed by atoms with Crippen molar-refractivity contribution in [2.75, 3.05) is 32.7 Å². The zero-order chi connectivity index (χ0) is 14.3. The SMILES string of the molecule is CC(C)CNC(=O)NC(=O)CN1CCNCC1C#N. The van der Waals surface area contributed by atoms with Crippen molar-refractivity contribution >= 4 is 11.9 Å². The number of nitrogens with one attached hydrogen (secondary N) is 3. The van der Waals surface area contributed by atoms with Crippen molar-refractivity contribution in [3.8, 4) is 6.07 Å². The number of piperazine rings is 1. The summed E-state index contributed by atoms with van der Waals surface area (Å²) in [4.78, 5) is 24.9. The number of amides is 3. The van der Waals surface area contributed by atoms with Crippen molar-refractivity contribution in [2.45, 2.75) is 19.9 Å². The van der Waals surface area contributed by atoms with E-state index in [-0.39, 0.29) is 18.5 Å². The average Bonchev–Trinajstić information content (AvgIpc) is 2.37. The Morgan fingerprint density at radius 2 is 2.26 bits per heavy atom. The normalized spacial score (nSPS) is 19.8. The van der Waals surface area contributed by atoms with Crippen LogP contribution in [0.1, 0.15) is 13.8 Å². The Morgan fingerprint density at radius 1 is 1.53 bits per heavy atom. The molecule has 1 atom stereocenters. The standard InChI is InChI=1S/C12H21N5O2/c1-9(2)6-15-12(19)16-11(18)8-17-4-3-14-7-10(17)5-13/h9-10,14H,3-4,6-8H2,1-2H3,(H2,15,16,18,19). The Morgan fingerprint density at radius 3 is 2.89 bits per heavy atom. The first-order chi connectivity index (χ1) is 9.02. The predicted molar refractivity (Wildman–Crippen MR) is 70.2 cm³/mol. The van der Waals surface area contributed by atoms with E-state index < -0.39 is 6.03 Å². The lowest BCUT2D eigenvalue weighted by molar-refractivity contribution is -0.121. The molecular weight excluding hydrogens is 246 g/mol. The van der Waals surface area contributed by atoms with Crippen LogP contribution in [0.5, 0.6) is 0 Å². The maximum atomic E-state index is 11.7. The van der Waals surface area contributed by atoms with E-state index in [1.54, 1.807) is 4.90 Å². The van der Waals surface area contributed by atoms with E-state index in [0.717, 1.165) is 6.54 Å². The second-order valence-corrected chi connectivity index (χ2v) is 4.97. The molecule has 1 fully saturated rings. The number of carbonyl (C=O) groups excluding carboxylic acids is 2. The molecule has 0 bridgehead atoms. The number of carbonyl (C=O) groups is 2. The summed E-state index contributed by atoms with van der Waals surface area (Å²) in [5.74, 6) is -0.0552. The van der Waals surface area contributed by atoms with Gasteiger partial charge in [0, 0.05) is 26.2 Å². The zero-order valence-electron chi connectivity index (χ0n) is 11.4. The minimum Gasteiger partial charge on any atom is -0.338 e. The van der Waals surface area contributed by atoms with Gasteiger partial charge in [-0.05, 0) is 5.92 Å². The van der Waals surface area contributed by atoms with Crippen LogP contribution in [0.25, 0.3) is 0 Å². The Kier molecular flexibility index (Phi) is 6.25. The van der Waals surface area contributed by atoms with Crippen LogP contribution in [0, 0.1) is 17.2 Å². The van der Waals surface area contributed by atoms with Crippen LogP contribution >= 0.6 is 0 Å². The fraction of sp³-hybridized carbons (Fsp3) is 0.750. The van der Waals surface area contributed by atoms with Gasteiger partial charge in [-0.2, -0.15) is 5.26 Å². The molecule has 1 rings (SSSR count). The summed E-state index contributed by atoms with van der Waals surface area (Å²) in [5, 5.41) is 16.9. The molecule has 0 aliphatic carbocycles. The summed E-state index contributed by atoms with van der Waals surface area (Å²) in [6, 6.07) is 1.33. The third-order valence-corrected chi connectivity index (χ3v) is 2.77. The molecule has 1 unspecified atom stereocenters. The van der Waals surface area contributed by atoms with E-state index in [9.17, 15) is 9.59 Å². The minimum atomic E-state index is -0.484. The number of nitriles is 1. The lowest BCUT2D eigenvalue weighted by Gasteiger charge is -2.31. The summed E-state index contributed by atoms with van der Waals surface area (Å²) in [5.41, 5.74) is 0. The first-order valence-corrected chi connectivity index (χ1v) is 6.45. The topological polar surface area (TPSA) is 97.3 Å². The molecule has 0 aromatic heterocycles. The van der Waals surface area contributed by atoms with Crippen LogP contribution in [-0.2, 0) is 4.79 Å². The van der Waals surface area contributed by atoms with Gasteiger partial charge in [-0.15, -0.1) is 0 Å². The molecule has 1 saturated heterocycles. The number of hydrogen-bond donors (Lipinski definition) is 3. The molecule has 106 valence electrons. The van der Waals surface area contributed by atoms with E-state index in [2.05, 4.69) is 22.0 Å². The number of rotatable bonds is 4.